The summed E-state index contributed by atoms with van der Waals surface area (Å²) in [6.45, 7) is 5.82. The molecule has 0 aromatic carbocycles. The first-order chi connectivity index (χ1) is 9.79. The van der Waals surface area contributed by atoms with Crippen LogP contribution in [-0.2, 0) is 0 Å². The van der Waals surface area contributed by atoms with Crippen molar-refractivity contribution in [1.29, 1.82) is 0 Å². The lowest BCUT2D eigenvalue weighted by molar-refractivity contribution is 0.105. The van der Waals surface area contributed by atoms with Crippen molar-refractivity contribution in [3.05, 3.63) is 0 Å². The zero-order valence-electron chi connectivity index (χ0n) is 13.1. The molecule has 1 aliphatic heterocycles. The van der Waals surface area contributed by atoms with E-state index < -0.39 is 0 Å². The average Bonchev–Trinajstić information content (AvgIpc) is 2.48. The summed E-state index contributed by atoms with van der Waals surface area (Å²) in [5, 5.41) is 16.5. The van der Waals surface area contributed by atoms with Gasteiger partial charge in [0.1, 0.15) is 0 Å². The average molecular weight is 283 g/mol. The Morgan fingerprint density at radius 2 is 1.85 bits per heavy atom. The lowest BCUT2D eigenvalue weighted by atomic mass is 9.87. The third-order valence-electron chi connectivity index (χ3n) is 5.03. The minimum Gasteiger partial charge on any atom is -0.393 e. The zero-order valence-corrected chi connectivity index (χ0v) is 13.1. The first-order valence-electron chi connectivity index (χ1n) is 8.57. The molecule has 2 rings (SSSR count). The van der Waals surface area contributed by atoms with E-state index in [2.05, 4.69) is 15.5 Å². The van der Waals surface area contributed by atoms with Crippen molar-refractivity contribution in [2.45, 2.75) is 57.1 Å². The van der Waals surface area contributed by atoms with Crippen molar-refractivity contribution >= 4 is 0 Å². The molecule has 3 N–H and O–H groups in total. The van der Waals surface area contributed by atoms with E-state index >= 15 is 0 Å². The first-order valence-corrected chi connectivity index (χ1v) is 8.57. The quantitative estimate of drug-likeness (QED) is 0.657. The van der Waals surface area contributed by atoms with Gasteiger partial charge in [-0.25, -0.2) is 0 Å². The summed E-state index contributed by atoms with van der Waals surface area (Å²) in [6.07, 6.45) is 8.47. The maximum atomic E-state index is 9.54. The molecule has 0 radical (unpaired) electrons. The molecule has 1 unspecified atom stereocenters. The van der Waals surface area contributed by atoms with Crippen LogP contribution in [0.4, 0.5) is 0 Å². The molecule has 1 aliphatic carbocycles. The Labute approximate surface area is 124 Å². The molecule has 0 aromatic rings. The van der Waals surface area contributed by atoms with Gasteiger partial charge in [-0.05, 0) is 64.6 Å². The second-order valence-electron chi connectivity index (χ2n) is 6.62. The van der Waals surface area contributed by atoms with Crippen LogP contribution in [-0.4, -0.2) is 61.9 Å². The fraction of sp³-hybridized carbons (Fsp3) is 1.00. The maximum absolute atomic E-state index is 9.54. The number of nitrogens with zero attached hydrogens (tertiary/aromatic N) is 1. The van der Waals surface area contributed by atoms with Gasteiger partial charge >= 0.3 is 0 Å². The number of aliphatic hydroxyl groups excluding tert-OH is 1. The van der Waals surface area contributed by atoms with Crippen LogP contribution in [0.3, 0.4) is 0 Å². The normalized spacial score (nSPS) is 32.4. The summed E-state index contributed by atoms with van der Waals surface area (Å²) < 4.78 is 0. The topological polar surface area (TPSA) is 47.5 Å². The van der Waals surface area contributed by atoms with Crippen molar-refractivity contribution in [2.24, 2.45) is 5.92 Å². The molecule has 0 amide bonds. The number of piperidine rings is 1. The van der Waals surface area contributed by atoms with Crippen LogP contribution >= 0.6 is 0 Å². The van der Waals surface area contributed by atoms with Crippen molar-refractivity contribution in [1.82, 2.24) is 15.5 Å². The van der Waals surface area contributed by atoms with Crippen LogP contribution in [0.25, 0.3) is 0 Å². The predicted molar refractivity (Wildman–Crippen MR) is 84.0 cm³/mol. The summed E-state index contributed by atoms with van der Waals surface area (Å²) in [5.41, 5.74) is 0. The second-order valence-corrected chi connectivity index (χ2v) is 6.62. The van der Waals surface area contributed by atoms with Gasteiger partial charge < -0.3 is 15.7 Å². The Hall–Kier alpha value is -0.160. The van der Waals surface area contributed by atoms with Crippen molar-refractivity contribution in [3.8, 4) is 0 Å². The fourth-order valence-corrected chi connectivity index (χ4v) is 3.64. The van der Waals surface area contributed by atoms with Gasteiger partial charge in [-0.15, -0.1) is 0 Å². The van der Waals surface area contributed by atoms with Gasteiger partial charge in [0.15, 0.2) is 0 Å². The van der Waals surface area contributed by atoms with Crippen LogP contribution in [0.5, 0.6) is 0 Å². The molecule has 118 valence electrons. The molecule has 1 atom stereocenters. The molecule has 2 fully saturated rings. The lowest BCUT2D eigenvalue weighted by Gasteiger charge is -2.36. The Morgan fingerprint density at radius 1 is 1.05 bits per heavy atom. The maximum Gasteiger partial charge on any atom is 0.0540 e. The highest BCUT2D eigenvalue weighted by Gasteiger charge is 2.23. The number of likely N-dealkylation sites (N-methyl/N-ethyl adjacent to an activating group) is 1. The van der Waals surface area contributed by atoms with Gasteiger partial charge in [0.25, 0.3) is 0 Å². The fourth-order valence-electron chi connectivity index (χ4n) is 3.64. The largest absolute Gasteiger partial charge is 0.393 e. The SMILES string of the molecule is CNCCN1CCCCC1CNCC1CCC(O)CC1. The van der Waals surface area contributed by atoms with Crippen LogP contribution < -0.4 is 10.6 Å². The van der Waals surface area contributed by atoms with Crippen LogP contribution in [0, 0.1) is 5.92 Å². The molecule has 0 spiro atoms. The Kier molecular flexibility index (Phi) is 7.28. The summed E-state index contributed by atoms with van der Waals surface area (Å²) in [7, 11) is 2.04. The molecule has 2 aliphatic rings. The van der Waals surface area contributed by atoms with E-state index in [1.54, 1.807) is 0 Å². The highest BCUT2D eigenvalue weighted by Crippen LogP contribution is 2.23. The van der Waals surface area contributed by atoms with Gasteiger partial charge in [-0.2, -0.15) is 0 Å². The molecule has 20 heavy (non-hydrogen) atoms. The van der Waals surface area contributed by atoms with Gasteiger partial charge in [-0.1, -0.05) is 6.42 Å². The van der Waals surface area contributed by atoms with E-state index in [0.29, 0.717) is 0 Å². The molecule has 1 heterocycles. The molecule has 4 heteroatoms. The number of hydrogen-bond acceptors (Lipinski definition) is 4. The number of hydrogen-bond donors (Lipinski definition) is 3. The standard InChI is InChI=1S/C16H33N3O/c1-17-9-11-19-10-3-2-4-15(19)13-18-12-14-5-7-16(20)8-6-14/h14-18,20H,2-13H2,1H3. The predicted octanol–water partition coefficient (Wildman–Crippen LogP) is 1.20. The third-order valence-corrected chi connectivity index (χ3v) is 5.03. The van der Waals surface area contributed by atoms with Crippen LogP contribution in [0.2, 0.25) is 0 Å². The van der Waals surface area contributed by atoms with Crippen molar-refractivity contribution in [2.75, 3.05) is 39.8 Å². The number of rotatable bonds is 7. The molecular weight excluding hydrogens is 250 g/mol. The number of aliphatic hydroxyl groups is 1. The Bertz CT molecular complexity index is 254. The van der Waals surface area contributed by atoms with E-state index in [9.17, 15) is 5.11 Å². The summed E-state index contributed by atoms with van der Waals surface area (Å²) in [5.74, 6) is 0.785. The smallest absolute Gasteiger partial charge is 0.0540 e. The van der Waals surface area contributed by atoms with Gasteiger partial charge in [0, 0.05) is 25.7 Å². The molecule has 0 aromatic heterocycles. The summed E-state index contributed by atoms with van der Waals surface area (Å²) in [4.78, 5) is 2.65. The van der Waals surface area contributed by atoms with E-state index in [1.807, 2.05) is 7.05 Å². The van der Waals surface area contributed by atoms with E-state index in [0.717, 1.165) is 44.4 Å². The van der Waals surface area contributed by atoms with Gasteiger partial charge in [-0.3, -0.25) is 4.90 Å². The van der Waals surface area contributed by atoms with Gasteiger partial charge in [0.05, 0.1) is 6.10 Å². The number of likely N-dealkylation sites (tertiary alicyclic amines) is 1. The van der Waals surface area contributed by atoms with Crippen LogP contribution in [0.15, 0.2) is 0 Å². The highest BCUT2D eigenvalue weighted by atomic mass is 16.3. The lowest BCUT2D eigenvalue weighted by Crippen LogP contribution is -2.48. The molecule has 0 bridgehead atoms. The van der Waals surface area contributed by atoms with E-state index in [1.165, 1.54) is 45.2 Å². The Balaban J connectivity index is 1.63. The second kappa shape index (κ2) is 8.98. The summed E-state index contributed by atoms with van der Waals surface area (Å²) >= 11 is 0. The highest BCUT2D eigenvalue weighted by molar-refractivity contribution is 4.80. The molecule has 1 saturated heterocycles. The number of nitrogens with one attached hydrogen (secondary N) is 2. The molecule has 1 saturated carbocycles. The minimum absolute atomic E-state index is 0.0263. The zero-order chi connectivity index (χ0) is 14.2. The van der Waals surface area contributed by atoms with E-state index in [-0.39, 0.29) is 6.10 Å². The van der Waals surface area contributed by atoms with E-state index in [4.69, 9.17) is 0 Å². The van der Waals surface area contributed by atoms with Crippen molar-refractivity contribution in [3.63, 3.8) is 0 Å². The minimum atomic E-state index is -0.0263. The monoisotopic (exact) mass is 283 g/mol. The summed E-state index contributed by atoms with van der Waals surface area (Å²) in [6, 6.07) is 0.728. The van der Waals surface area contributed by atoms with Crippen LogP contribution in [0.1, 0.15) is 44.9 Å². The molecule has 4 nitrogen and oxygen atoms in total. The van der Waals surface area contributed by atoms with Crippen molar-refractivity contribution < 1.29 is 5.11 Å². The molecular formula is C16H33N3O. The Morgan fingerprint density at radius 3 is 2.60 bits per heavy atom. The first kappa shape index (κ1) is 16.2. The van der Waals surface area contributed by atoms with Gasteiger partial charge in [0.2, 0.25) is 0 Å². The third kappa shape index (κ3) is 5.32.